The topological polar surface area (TPSA) is 34.1 Å². The van der Waals surface area contributed by atoms with Crippen molar-refractivity contribution in [3.8, 4) is 5.75 Å². The Kier molecular flexibility index (Phi) is 4.74. The average Bonchev–Trinajstić information content (AvgIpc) is 2.39. The number of fused-ring (bicyclic) bond motifs is 1. The van der Waals surface area contributed by atoms with E-state index in [1.54, 1.807) is 0 Å². The molecule has 0 spiro atoms. The average molecular weight is 258 g/mol. The fraction of sp³-hybridized carbons (Fsp3) is 0.438. The number of hydrogen-bond donors (Lipinski definition) is 1. The van der Waals surface area contributed by atoms with Gasteiger partial charge in [-0.2, -0.15) is 0 Å². The first-order chi connectivity index (χ1) is 9.24. The zero-order chi connectivity index (χ0) is 13.7. The first kappa shape index (κ1) is 13.8. The molecule has 0 bridgehead atoms. The third-order valence-corrected chi connectivity index (χ3v) is 3.11. The van der Waals surface area contributed by atoms with E-state index in [1.807, 2.05) is 31.3 Å². The highest BCUT2D eigenvalue weighted by atomic mass is 16.5. The van der Waals surface area contributed by atoms with Crippen molar-refractivity contribution in [2.45, 2.75) is 39.3 Å². The van der Waals surface area contributed by atoms with Gasteiger partial charge in [-0.15, -0.1) is 0 Å². The summed E-state index contributed by atoms with van der Waals surface area (Å²) < 4.78 is 6.09. The molecule has 0 aliphatic carbocycles. The molecule has 0 aliphatic rings. The van der Waals surface area contributed by atoms with Crippen LogP contribution >= 0.6 is 0 Å². The van der Waals surface area contributed by atoms with Gasteiger partial charge in [-0.1, -0.05) is 25.5 Å². The molecule has 0 saturated carbocycles. The van der Waals surface area contributed by atoms with Crippen molar-refractivity contribution in [2.75, 3.05) is 7.05 Å². The second-order valence-corrected chi connectivity index (χ2v) is 4.88. The van der Waals surface area contributed by atoms with Crippen LogP contribution in [-0.4, -0.2) is 18.1 Å². The monoisotopic (exact) mass is 258 g/mol. The van der Waals surface area contributed by atoms with Crippen LogP contribution in [0.15, 0.2) is 30.3 Å². The summed E-state index contributed by atoms with van der Waals surface area (Å²) in [5.74, 6) is 0.941. The van der Waals surface area contributed by atoms with Gasteiger partial charge in [-0.05, 0) is 32.5 Å². The van der Waals surface area contributed by atoms with Crippen LogP contribution < -0.4 is 10.1 Å². The maximum absolute atomic E-state index is 6.09. The minimum absolute atomic E-state index is 0.234. The normalized spacial score (nSPS) is 12.6. The molecule has 0 amide bonds. The van der Waals surface area contributed by atoms with E-state index in [4.69, 9.17) is 4.74 Å². The van der Waals surface area contributed by atoms with Crippen molar-refractivity contribution < 1.29 is 4.74 Å². The summed E-state index contributed by atoms with van der Waals surface area (Å²) in [6, 6.07) is 10.2. The number of ether oxygens (including phenoxy) is 1. The quantitative estimate of drug-likeness (QED) is 0.860. The molecule has 102 valence electrons. The van der Waals surface area contributed by atoms with Gasteiger partial charge in [-0.25, -0.2) is 0 Å². The molecule has 1 aromatic heterocycles. The van der Waals surface area contributed by atoms with Crippen LogP contribution in [0.5, 0.6) is 5.75 Å². The minimum Gasteiger partial charge on any atom is -0.490 e. The zero-order valence-electron chi connectivity index (χ0n) is 11.9. The largest absolute Gasteiger partial charge is 0.490 e. The molecule has 2 rings (SSSR count). The maximum Gasteiger partial charge on any atom is 0.130 e. The maximum atomic E-state index is 6.09. The predicted octanol–water partition coefficient (Wildman–Crippen LogP) is 3.52. The number of aromatic nitrogens is 1. The predicted molar refractivity (Wildman–Crippen MR) is 79.5 cm³/mol. The first-order valence-corrected chi connectivity index (χ1v) is 6.94. The van der Waals surface area contributed by atoms with E-state index in [0.29, 0.717) is 0 Å². The molecular formula is C16H22N2O. The Morgan fingerprint density at radius 1 is 1.32 bits per heavy atom. The Labute approximate surface area is 115 Å². The summed E-state index contributed by atoms with van der Waals surface area (Å²) in [6.45, 7) is 5.05. The van der Waals surface area contributed by atoms with E-state index < -0.39 is 0 Å². The molecule has 19 heavy (non-hydrogen) atoms. The van der Waals surface area contributed by atoms with Gasteiger partial charge in [0.05, 0.1) is 17.3 Å². The number of benzene rings is 1. The van der Waals surface area contributed by atoms with Crippen LogP contribution in [0.25, 0.3) is 10.9 Å². The molecule has 1 N–H and O–H groups in total. The smallest absolute Gasteiger partial charge is 0.130 e. The van der Waals surface area contributed by atoms with Crippen molar-refractivity contribution >= 4 is 10.9 Å². The van der Waals surface area contributed by atoms with E-state index in [2.05, 4.69) is 30.2 Å². The molecule has 1 atom stereocenters. The molecule has 3 nitrogen and oxygen atoms in total. The van der Waals surface area contributed by atoms with Crippen molar-refractivity contribution in [3.63, 3.8) is 0 Å². The van der Waals surface area contributed by atoms with Gasteiger partial charge in [0.2, 0.25) is 0 Å². The van der Waals surface area contributed by atoms with E-state index in [0.717, 1.165) is 41.7 Å². The molecule has 0 fully saturated rings. The summed E-state index contributed by atoms with van der Waals surface area (Å²) in [6.07, 6.45) is 2.43. The lowest BCUT2D eigenvalue weighted by Gasteiger charge is -2.16. The molecule has 0 radical (unpaired) electrons. The molecule has 0 aliphatic heterocycles. The van der Waals surface area contributed by atoms with Gasteiger partial charge < -0.3 is 10.1 Å². The standard InChI is InChI=1S/C16H22N2O/c1-4-7-12(2)19-16-10-13(11-17-3)18-15-9-6-5-8-14(15)16/h5-6,8-10,12,17H,4,7,11H2,1-3H3. The Morgan fingerprint density at radius 2 is 2.11 bits per heavy atom. The molecule has 1 unspecified atom stereocenters. The van der Waals surface area contributed by atoms with Crippen LogP contribution in [-0.2, 0) is 6.54 Å². The van der Waals surface area contributed by atoms with Crippen molar-refractivity contribution in [1.82, 2.24) is 10.3 Å². The molecular weight excluding hydrogens is 236 g/mol. The SMILES string of the molecule is CCCC(C)Oc1cc(CNC)nc2ccccc12. The zero-order valence-corrected chi connectivity index (χ0v) is 11.9. The first-order valence-electron chi connectivity index (χ1n) is 6.94. The molecule has 2 aromatic rings. The van der Waals surface area contributed by atoms with E-state index >= 15 is 0 Å². The fourth-order valence-electron chi connectivity index (χ4n) is 2.25. The van der Waals surface area contributed by atoms with E-state index in [-0.39, 0.29) is 6.10 Å². The fourth-order valence-corrected chi connectivity index (χ4v) is 2.25. The highest BCUT2D eigenvalue weighted by Crippen LogP contribution is 2.26. The van der Waals surface area contributed by atoms with Gasteiger partial charge >= 0.3 is 0 Å². The summed E-state index contributed by atoms with van der Waals surface area (Å²) in [5, 5.41) is 4.22. The lowest BCUT2D eigenvalue weighted by molar-refractivity contribution is 0.212. The van der Waals surface area contributed by atoms with E-state index in [1.165, 1.54) is 0 Å². The third kappa shape index (κ3) is 3.44. The van der Waals surface area contributed by atoms with Gasteiger partial charge in [0.1, 0.15) is 5.75 Å². The van der Waals surface area contributed by atoms with Gasteiger partial charge in [0, 0.05) is 18.0 Å². The second-order valence-electron chi connectivity index (χ2n) is 4.88. The van der Waals surface area contributed by atoms with Gasteiger partial charge in [0.15, 0.2) is 0 Å². The van der Waals surface area contributed by atoms with E-state index in [9.17, 15) is 0 Å². The summed E-state index contributed by atoms with van der Waals surface area (Å²) in [7, 11) is 1.93. The Morgan fingerprint density at radius 3 is 2.84 bits per heavy atom. The lowest BCUT2D eigenvalue weighted by atomic mass is 10.1. The van der Waals surface area contributed by atoms with Crippen molar-refractivity contribution in [2.24, 2.45) is 0 Å². The second kappa shape index (κ2) is 6.53. The lowest BCUT2D eigenvalue weighted by Crippen LogP contribution is -2.13. The minimum atomic E-state index is 0.234. The summed E-state index contributed by atoms with van der Waals surface area (Å²) in [4.78, 5) is 4.64. The molecule has 1 heterocycles. The van der Waals surface area contributed by atoms with Crippen LogP contribution in [0.1, 0.15) is 32.4 Å². The molecule has 3 heteroatoms. The number of para-hydroxylation sites is 1. The highest BCUT2D eigenvalue weighted by molar-refractivity contribution is 5.85. The Balaban J connectivity index is 2.38. The van der Waals surface area contributed by atoms with Crippen LogP contribution in [0, 0.1) is 0 Å². The van der Waals surface area contributed by atoms with Gasteiger partial charge in [-0.3, -0.25) is 4.98 Å². The summed E-state index contributed by atoms with van der Waals surface area (Å²) >= 11 is 0. The Hall–Kier alpha value is -1.61. The van der Waals surface area contributed by atoms with Crippen molar-refractivity contribution in [1.29, 1.82) is 0 Å². The van der Waals surface area contributed by atoms with Crippen LogP contribution in [0.2, 0.25) is 0 Å². The Bertz CT molecular complexity index is 539. The van der Waals surface area contributed by atoms with Gasteiger partial charge in [0.25, 0.3) is 0 Å². The van der Waals surface area contributed by atoms with Crippen molar-refractivity contribution in [3.05, 3.63) is 36.0 Å². The number of nitrogens with zero attached hydrogens (tertiary/aromatic N) is 1. The summed E-state index contributed by atoms with van der Waals surface area (Å²) in [5.41, 5.74) is 2.01. The molecule has 1 aromatic carbocycles. The number of nitrogens with one attached hydrogen (secondary N) is 1. The number of rotatable bonds is 6. The molecule has 0 saturated heterocycles. The van der Waals surface area contributed by atoms with Crippen LogP contribution in [0.4, 0.5) is 0 Å². The third-order valence-electron chi connectivity index (χ3n) is 3.11. The number of pyridine rings is 1. The van der Waals surface area contributed by atoms with Crippen LogP contribution in [0.3, 0.4) is 0 Å². The highest BCUT2D eigenvalue weighted by Gasteiger charge is 2.09. The number of hydrogen-bond acceptors (Lipinski definition) is 3.